The van der Waals surface area contributed by atoms with Crippen LogP contribution >= 0.6 is 22.7 Å². The second-order valence-electron chi connectivity index (χ2n) is 20.4. The lowest BCUT2D eigenvalue weighted by molar-refractivity contribution is 0.398. The minimum absolute atomic E-state index is 0.0194. The van der Waals surface area contributed by atoms with Crippen molar-refractivity contribution in [2.24, 2.45) is 0 Å². The molecule has 344 valence electrons. The van der Waals surface area contributed by atoms with E-state index < -0.39 is 0 Å². The number of rotatable bonds is 17. The topological polar surface area (TPSA) is 25.8 Å². The van der Waals surface area contributed by atoms with Gasteiger partial charge in [0.2, 0.25) is 0 Å². The fourth-order valence-electron chi connectivity index (χ4n) is 12.2. The molecule has 3 heterocycles. The van der Waals surface area contributed by atoms with E-state index in [1.165, 1.54) is 186 Å². The number of benzene rings is 7. The standard InChI is InChI=1S/C65H62N2S2/c1-5-7-9-11-13-17-32-65(33-18-14-12-10-8-6-2)55-34-41(3)24-28-49(55)50-30-26-43(38-56(50)65)57-40-58(44-27-31-53-60(39-44)69-62-52-29-25-42(4)35-59(52)68-63(53)62)67-64(66-57)46-36-45-20-19-23-51-47-21-15-16-22-48(47)54(37-46)61(45)51/h15-16,19-31,34-40H,5-14,17-18,32-33H2,1-4H3. The summed E-state index contributed by atoms with van der Waals surface area (Å²) < 4.78 is 5.46. The zero-order valence-electron chi connectivity index (χ0n) is 40.8. The molecule has 2 aliphatic carbocycles. The second kappa shape index (κ2) is 18.4. The molecule has 12 rings (SSSR count). The van der Waals surface area contributed by atoms with Crippen LogP contribution in [0.25, 0.3) is 108 Å². The van der Waals surface area contributed by atoms with Crippen molar-refractivity contribution in [1.29, 1.82) is 0 Å². The molecule has 7 aromatic carbocycles. The SMILES string of the molecule is CCCCCCCCC1(CCCCCCCC)c2cc(C)ccc2-c2ccc(-c3cc(-c4ccc5c(c4)sc4c6ccc(C)cc6sc54)nc(-c4cc5c6c(cccc6c4)-c4ccccc4-5)n3)cc21. The number of fused-ring (bicyclic) bond motifs is 11. The number of thiophene rings is 2. The van der Waals surface area contributed by atoms with Gasteiger partial charge in [0, 0.05) is 42.3 Å². The van der Waals surface area contributed by atoms with Crippen LogP contribution in [0.5, 0.6) is 0 Å². The summed E-state index contributed by atoms with van der Waals surface area (Å²) in [5.41, 5.74) is 19.0. The molecule has 2 nitrogen and oxygen atoms in total. The van der Waals surface area contributed by atoms with Gasteiger partial charge in [0.05, 0.1) is 20.8 Å². The van der Waals surface area contributed by atoms with Gasteiger partial charge >= 0.3 is 0 Å². The molecule has 0 bridgehead atoms. The predicted molar refractivity (Wildman–Crippen MR) is 300 cm³/mol. The van der Waals surface area contributed by atoms with Crippen LogP contribution in [0.1, 0.15) is 126 Å². The summed E-state index contributed by atoms with van der Waals surface area (Å²) in [4.78, 5) is 11.2. The van der Waals surface area contributed by atoms with Gasteiger partial charge in [-0.3, -0.25) is 0 Å². The smallest absolute Gasteiger partial charge is 0.160 e. The zero-order valence-corrected chi connectivity index (χ0v) is 42.4. The summed E-state index contributed by atoms with van der Waals surface area (Å²) in [7, 11) is 0. The first kappa shape index (κ1) is 44.3. The highest BCUT2D eigenvalue weighted by Gasteiger charge is 2.42. The summed E-state index contributed by atoms with van der Waals surface area (Å²) in [5.74, 6) is 0.772. The highest BCUT2D eigenvalue weighted by Crippen LogP contribution is 2.56. The number of hydrogen-bond acceptors (Lipinski definition) is 4. The summed E-state index contributed by atoms with van der Waals surface area (Å²) in [6.07, 6.45) is 18.1. The third kappa shape index (κ3) is 7.83. The van der Waals surface area contributed by atoms with E-state index in [4.69, 9.17) is 9.97 Å². The molecule has 0 unspecified atom stereocenters. The van der Waals surface area contributed by atoms with Gasteiger partial charge in [-0.25, -0.2) is 9.97 Å². The van der Waals surface area contributed by atoms with Gasteiger partial charge in [0.1, 0.15) is 0 Å². The Morgan fingerprint density at radius 1 is 0.420 bits per heavy atom. The van der Waals surface area contributed by atoms with Gasteiger partial charge in [-0.15, -0.1) is 22.7 Å². The molecule has 2 aliphatic rings. The summed E-state index contributed by atoms with van der Waals surface area (Å²) in [6.45, 7) is 9.13. The van der Waals surface area contributed by atoms with Crippen LogP contribution in [0.3, 0.4) is 0 Å². The van der Waals surface area contributed by atoms with Gasteiger partial charge in [0.15, 0.2) is 5.82 Å². The van der Waals surface area contributed by atoms with Crippen LogP contribution in [-0.2, 0) is 5.41 Å². The van der Waals surface area contributed by atoms with E-state index in [2.05, 4.69) is 161 Å². The lowest BCUT2D eigenvalue weighted by atomic mass is 9.70. The maximum absolute atomic E-state index is 5.62. The lowest BCUT2D eigenvalue weighted by Crippen LogP contribution is -2.25. The molecule has 4 heteroatoms. The van der Waals surface area contributed by atoms with Gasteiger partial charge < -0.3 is 0 Å². The molecule has 10 aromatic rings. The molecule has 69 heavy (non-hydrogen) atoms. The Bertz CT molecular complexity index is 3570. The van der Waals surface area contributed by atoms with E-state index in [1.54, 1.807) is 5.56 Å². The molecule has 0 saturated heterocycles. The van der Waals surface area contributed by atoms with Crippen LogP contribution in [0.2, 0.25) is 0 Å². The van der Waals surface area contributed by atoms with E-state index in [1.807, 2.05) is 22.7 Å². The Kier molecular flexibility index (Phi) is 11.8. The molecule has 0 saturated carbocycles. The first-order valence-electron chi connectivity index (χ1n) is 26.1. The molecule has 0 aliphatic heterocycles. The van der Waals surface area contributed by atoms with Crippen molar-refractivity contribution in [2.45, 2.75) is 123 Å². The van der Waals surface area contributed by atoms with Crippen LogP contribution in [0, 0.1) is 13.8 Å². The quantitative estimate of drug-likeness (QED) is 0.0850. The van der Waals surface area contributed by atoms with Crippen molar-refractivity contribution in [3.8, 4) is 67.3 Å². The third-order valence-corrected chi connectivity index (χ3v) is 18.2. The van der Waals surface area contributed by atoms with Crippen molar-refractivity contribution >= 4 is 63.0 Å². The van der Waals surface area contributed by atoms with Crippen LogP contribution < -0.4 is 0 Å². The van der Waals surface area contributed by atoms with Crippen molar-refractivity contribution in [1.82, 2.24) is 9.97 Å². The number of unbranched alkanes of at least 4 members (excludes halogenated alkanes) is 10. The monoisotopic (exact) mass is 934 g/mol. The highest BCUT2D eigenvalue weighted by atomic mass is 32.1. The third-order valence-electron chi connectivity index (χ3n) is 15.7. The van der Waals surface area contributed by atoms with Crippen molar-refractivity contribution in [2.75, 3.05) is 0 Å². The van der Waals surface area contributed by atoms with Crippen molar-refractivity contribution < 1.29 is 0 Å². The average molecular weight is 935 g/mol. The first-order valence-corrected chi connectivity index (χ1v) is 27.7. The minimum Gasteiger partial charge on any atom is -0.228 e. The second-order valence-corrected chi connectivity index (χ2v) is 22.5. The summed E-state index contributed by atoms with van der Waals surface area (Å²) in [6, 6.07) is 51.2. The Morgan fingerprint density at radius 2 is 0.971 bits per heavy atom. The van der Waals surface area contributed by atoms with Gasteiger partial charge in [-0.05, 0) is 124 Å². The molecular formula is C65H62N2S2. The van der Waals surface area contributed by atoms with Crippen molar-refractivity contribution in [3.05, 3.63) is 156 Å². The molecule has 3 aromatic heterocycles. The molecule has 0 N–H and O–H groups in total. The van der Waals surface area contributed by atoms with Crippen molar-refractivity contribution in [3.63, 3.8) is 0 Å². The van der Waals surface area contributed by atoms with E-state index in [-0.39, 0.29) is 5.41 Å². The average Bonchev–Trinajstić information content (AvgIpc) is 4.09. The predicted octanol–water partition coefficient (Wildman–Crippen LogP) is 20.2. The van der Waals surface area contributed by atoms with Crippen LogP contribution in [0.4, 0.5) is 0 Å². The number of aromatic nitrogens is 2. The first-order chi connectivity index (χ1) is 33.9. The fraction of sp³-hybridized carbons (Fsp3) is 0.292. The Balaban J connectivity index is 1.01. The van der Waals surface area contributed by atoms with E-state index in [0.29, 0.717) is 0 Å². The van der Waals surface area contributed by atoms with E-state index in [9.17, 15) is 0 Å². The highest BCUT2D eigenvalue weighted by molar-refractivity contribution is 7.36. The molecule has 0 radical (unpaired) electrons. The molecule has 0 fully saturated rings. The van der Waals surface area contributed by atoms with Gasteiger partial charge in [0.25, 0.3) is 0 Å². The molecule has 0 spiro atoms. The maximum Gasteiger partial charge on any atom is 0.160 e. The Hall–Kier alpha value is -5.94. The zero-order chi connectivity index (χ0) is 46.6. The maximum atomic E-state index is 5.62. The number of aryl methyl sites for hydroxylation is 2. The van der Waals surface area contributed by atoms with Gasteiger partial charge in [-0.1, -0.05) is 194 Å². The van der Waals surface area contributed by atoms with Crippen LogP contribution in [-0.4, -0.2) is 9.97 Å². The normalized spacial score (nSPS) is 13.3. The lowest BCUT2D eigenvalue weighted by Gasteiger charge is -2.33. The van der Waals surface area contributed by atoms with Crippen LogP contribution in [0.15, 0.2) is 133 Å². The number of nitrogens with zero attached hydrogens (tertiary/aromatic N) is 2. The van der Waals surface area contributed by atoms with Gasteiger partial charge in [-0.2, -0.15) is 0 Å². The van der Waals surface area contributed by atoms with E-state index >= 15 is 0 Å². The van der Waals surface area contributed by atoms with E-state index in [0.717, 1.165) is 28.3 Å². The minimum atomic E-state index is -0.0194. The Morgan fingerprint density at radius 3 is 1.68 bits per heavy atom. The largest absolute Gasteiger partial charge is 0.228 e. The summed E-state index contributed by atoms with van der Waals surface area (Å²) >= 11 is 3.84. The molecule has 0 atom stereocenters. The summed E-state index contributed by atoms with van der Waals surface area (Å²) in [5, 5.41) is 5.25. The Labute approximate surface area is 416 Å². The molecular weight excluding hydrogens is 873 g/mol. The molecule has 0 amide bonds. The fourth-order valence-corrected chi connectivity index (χ4v) is 15.0. The number of hydrogen-bond donors (Lipinski definition) is 0.